The minimum Gasteiger partial charge on any atom is -0.463 e. The molecule has 0 aliphatic rings. The minimum atomic E-state index is -4.21. The Balaban J connectivity index is 3.62. The summed E-state index contributed by atoms with van der Waals surface area (Å²) in [5, 5.41) is 9.61. The molecule has 2 atom stereocenters. The molecule has 0 radical (unpaired) electrons. The van der Waals surface area contributed by atoms with Crippen LogP contribution in [-0.2, 0) is 23.1 Å². The normalized spacial score (nSPS) is 15.0. The van der Waals surface area contributed by atoms with E-state index in [0.717, 1.165) is 32.3 Å². The summed E-state index contributed by atoms with van der Waals surface area (Å²) < 4.78 is 25.1. The monoisotopic (exact) mass is 459 g/mol. The molecule has 0 fully saturated rings. The molecule has 0 bridgehead atoms. The standard InChI is InChI=1S/C23H39O7P/c1-3-5-6-7-8-9-10-11-12-13-14-15-16-17-18-19-23(25)28-20-22(24)21-30-31(26,27)29-4-2/h4,8-9,11-12,14-15,22,24H,3,5-7,10,13,16-21H2,1-2H3/p+1/b9-8+,12-11+,15-14+. The van der Waals surface area contributed by atoms with Gasteiger partial charge in [-0.3, -0.25) is 9.32 Å². The summed E-state index contributed by atoms with van der Waals surface area (Å²) in [6, 6.07) is 0. The number of aliphatic hydroxyl groups excluding tert-OH is 1. The summed E-state index contributed by atoms with van der Waals surface area (Å²) in [5.41, 5.74) is 0. The zero-order valence-electron chi connectivity index (χ0n) is 19.0. The second-order valence-corrected chi connectivity index (χ2v) is 8.48. The molecular weight excluding hydrogens is 419 g/mol. The molecule has 2 N–H and O–H groups in total. The number of carbonyl (C=O) groups is 1. The van der Waals surface area contributed by atoms with Gasteiger partial charge in [0.15, 0.2) is 0 Å². The summed E-state index contributed by atoms with van der Waals surface area (Å²) in [6.07, 6.45) is 21.5. The second-order valence-electron chi connectivity index (χ2n) is 7.07. The fraction of sp³-hybridized carbons (Fsp3) is 0.652. The molecule has 0 aliphatic heterocycles. The minimum absolute atomic E-state index is 0.262. The number of phosphoric ester groups is 1. The Labute approximate surface area is 187 Å². The van der Waals surface area contributed by atoms with E-state index in [0.29, 0.717) is 6.42 Å². The van der Waals surface area contributed by atoms with Gasteiger partial charge in [0.25, 0.3) is 0 Å². The van der Waals surface area contributed by atoms with Crippen LogP contribution in [0.3, 0.4) is 0 Å². The first-order valence-electron chi connectivity index (χ1n) is 11.1. The number of carbonyl (C=O) groups excluding carboxylic acids is 1. The highest BCUT2D eigenvalue weighted by Gasteiger charge is 2.27. The molecule has 8 heteroatoms. The molecule has 7 nitrogen and oxygen atoms in total. The molecule has 0 aromatic carbocycles. The van der Waals surface area contributed by atoms with Gasteiger partial charge in [-0.25, -0.2) is 4.57 Å². The highest BCUT2D eigenvalue weighted by atomic mass is 31.2. The van der Waals surface area contributed by atoms with Crippen molar-refractivity contribution < 1.29 is 33.1 Å². The van der Waals surface area contributed by atoms with E-state index in [1.165, 1.54) is 32.6 Å². The Hall–Kier alpha value is -1.37. The average Bonchev–Trinajstić information content (AvgIpc) is 2.73. The summed E-state index contributed by atoms with van der Waals surface area (Å²) in [4.78, 5) is 20.8. The van der Waals surface area contributed by atoms with Crippen LogP contribution in [0.15, 0.2) is 36.5 Å². The number of rotatable bonds is 20. The maximum Gasteiger partial charge on any atom is 0.512 e. The van der Waals surface area contributed by atoms with E-state index in [1.807, 2.05) is 0 Å². The second kappa shape index (κ2) is 20.5. The van der Waals surface area contributed by atoms with Crippen LogP contribution in [-0.4, -0.2) is 35.3 Å². The van der Waals surface area contributed by atoms with Gasteiger partial charge in [-0.05, 0) is 44.9 Å². The summed E-state index contributed by atoms with van der Waals surface area (Å²) in [7, 11) is -4.21. The Morgan fingerprint density at radius 2 is 1.55 bits per heavy atom. The van der Waals surface area contributed by atoms with E-state index in [4.69, 9.17) is 4.74 Å². The zero-order valence-corrected chi connectivity index (χ0v) is 19.9. The number of ether oxygens (including phenoxy) is 1. The van der Waals surface area contributed by atoms with E-state index in [2.05, 4.69) is 52.4 Å². The van der Waals surface area contributed by atoms with Gasteiger partial charge >= 0.3 is 13.8 Å². The van der Waals surface area contributed by atoms with Gasteiger partial charge in [0, 0.05) is 6.42 Å². The molecule has 0 aromatic heterocycles. The Morgan fingerprint density at radius 3 is 2.13 bits per heavy atom. The van der Waals surface area contributed by atoms with Crippen molar-refractivity contribution in [1.29, 1.82) is 0 Å². The summed E-state index contributed by atoms with van der Waals surface area (Å²) >= 11 is 0. The lowest BCUT2D eigenvalue weighted by atomic mass is 10.1. The van der Waals surface area contributed by atoms with Crippen molar-refractivity contribution in [3.05, 3.63) is 43.1 Å². The molecular formula is C23H40O7P+. The first-order chi connectivity index (χ1) is 14.9. The fourth-order valence-electron chi connectivity index (χ4n) is 2.47. The molecule has 0 heterocycles. The molecule has 0 amide bonds. The molecule has 178 valence electrons. The Morgan fingerprint density at radius 1 is 0.968 bits per heavy atom. The van der Waals surface area contributed by atoms with Crippen LogP contribution in [0.5, 0.6) is 0 Å². The Bertz CT molecular complexity index is 572. The number of hydrogen-bond donors (Lipinski definition) is 2. The van der Waals surface area contributed by atoms with Gasteiger partial charge in [-0.15, -0.1) is 0 Å². The van der Waals surface area contributed by atoms with Crippen molar-refractivity contribution in [3.63, 3.8) is 0 Å². The smallest absolute Gasteiger partial charge is 0.463 e. The topological polar surface area (TPSA) is 102 Å². The van der Waals surface area contributed by atoms with Crippen molar-refractivity contribution >= 4 is 13.8 Å². The molecule has 0 saturated carbocycles. The number of aliphatic hydroxyl groups is 1. The molecule has 0 saturated heterocycles. The number of phosphoric acid groups is 1. The number of allylic oxidation sites excluding steroid dienone is 6. The Kier molecular flexibility index (Phi) is 19.6. The van der Waals surface area contributed by atoms with Gasteiger partial charge in [-0.2, -0.15) is 0 Å². The summed E-state index contributed by atoms with van der Waals surface area (Å²) in [5.74, 6) is -0.418. The third-order valence-electron chi connectivity index (χ3n) is 4.13. The molecule has 31 heavy (non-hydrogen) atoms. The van der Waals surface area contributed by atoms with Crippen molar-refractivity contribution in [2.75, 3.05) is 13.2 Å². The first-order valence-corrected chi connectivity index (χ1v) is 12.6. The van der Waals surface area contributed by atoms with Gasteiger partial charge in [-0.1, -0.05) is 60.7 Å². The fourth-order valence-corrected chi connectivity index (χ4v) is 3.16. The first kappa shape index (κ1) is 29.6. The van der Waals surface area contributed by atoms with Gasteiger partial charge in [0.2, 0.25) is 6.61 Å². The predicted molar refractivity (Wildman–Crippen MR) is 123 cm³/mol. The van der Waals surface area contributed by atoms with Gasteiger partial charge < -0.3 is 14.7 Å². The van der Waals surface area contributed by atoms with Crippen molar-refractivity contribution in [3.8, 4) is 0 Å². The lowest BCUT2D eigenvalue weighted by Crippen LogP contribution is -2.23. The maximum atomic E-state index is 11.6. The lowest BCUT2D eigenvalue weighted by molar-refractivity contribution is -0.147. The maximum absolute atomic E-state index is 11.6. The SMILES string of the molecule is C[CH+]OP(=O)(O)OCC(O)COC(=O)CCCC/C=C/C/C=C/C/C=C/CCCCC. The molecule has 0 aliphatic carbocycles. The van der Waals surface area contributed by atoms with Crippen LogP contribution >= 0.6 is 7.82 Å². The highest BCUT2D eigenvalue weighted by Crippen LogP contribution is 2.43. The molecule has 2 unspecified atom stereocenters. The lowest BCUT2D eigenvalue weighted by Gasteiger charge is -2.12. The van der Waals surface area contributed by atoms with Crippen LogP contribution in [0, 0.1) is 6.61 Å². The van der Waals surface area contributed by atoms with Crippen LogP contribution in [0.2, 0.25) is 0 Å². The van der Waals surface area contributed by atoms with E-state index in [1.54, 1.807) is 0 Å². The number of esters is 1. The number of hydrogen-bond acceptors (Lipinski definition) is 6. The number of unbranched alkanes of at least 4 members (excludes halogenated alkanes) is 5. The quantitative estimate of drug-likeness (QED) is 0.0780. The van der Waals surface area contributed by atoms with Gasteiger partial charge in [0.1, 0.15) is 19.6 Å². The van der Waals surface area contributed by atoms with Crippen LogP contribution in [0.1, 0.15) is 78.1 Å². The van der Waals surface area contributed by atoms with E-state index < -0.39 is 26.5 Å². The van der Waals surface area contributed by atoms with E-state index >= 15 is 0 Å². The van der Waals surface area contributed by atoms with Crippen molar-refractivity contribution in [2.24, 2.45) is 0 Å². The van der Waals surface area contributed by atoms with E-state index in [-0.39, 0.29) is 13.0 Å². The highest BCUT2D eigenvalue weighted by molar-refractivity contribution is 7.47. The summed E-state index contributed by atoms with van der Waals surface area (Å²) in [6.45, 7) is 3.89. The van der Waals surface area contributed by atoms with Crippen molar-refractivity contribution in [2.45, 2.75) is 84.2 Å². The third kappa shape index (κ3) is 21.6. The van der Waals surface area contributed by atoms with Crippen molar-refractivity contribution in [1.82, 2.24) is 0 Å². The predicted octanol–water partition coefficient (Wildman–Crippen LogP) is 5.80. The molecule has 0 aromatic rings. The van der Waals surface area contributed by atoms with Gasteiger partial charge in [0.05, 0.1) is 6.61 Å². The molecule has 0 rings (SSSR count). The van der Waals surface area contributed by atoms with E-state index in [9.17, 15) is 19.4 Å². The van der Waals surface area contributed by atoms with Crippen LogP contribution < -0.4 is 0 Å². The zero-order chi connectivity index (χ0) is 23.2. The van der Waals surface area contributed by atoms with Crippen LogP contribution in [0.4, 0.5) is 0 Å². The molecule has 0 spiro atoms. The van der Waals surface area contributed by atoms with Crippen LogP contribution in [0.25, 0.3) is 0 Å². The third-order valence-corrected chi connectivity index (χ3v) is 5.08. The average molecular weight is 460 g/mol. The largest absolute Gasteiger partial charge is 0.512 e.